The van der Waals surface area contributed by atoms with E-state index in [1.807, 2.05) is 12.1 Å². The molecule has 1 aliphatic heterocycles. The molecule has 1 aromatic heterocycles. The Kier molecular flexibility index (Phi) is 5.16. The number of aromatic nitrogens is 2. The first-order valence-electron chi connectivity index (χ1n) is 9.15. The maximum Gasteiger partial charge on any atom is 0.337 e. The second kappa shape index (κ2) is 7.90. The Morgan fingerprint density at radius 1 is 1.21 bits per heavy atom. The Balaban J connectivity index is 1.47. The summed E-state index contributed by atoms with van der Waals surface area (Å²) in [5.74, 6) is 0.388. The molecule has 6 nitrogen and oxygen atoms in total. The van der Waals surface area contributed by atoms with Crippen molar-refractivity contribution in [2.45, 2.75) is 25.4 Å². The van der Waals surface area contributed by atoms with Crippen LogP contribution in [0, 0.1) is 5.82 Å². The zero-order valence-corrected chi connectivity index (χ0v) is 15.5. The van der Waals surface area contributed by atoms with Crippen LogP contribution in [-0.2, 0) is 11.3 Å². The SMILES string of the molecule is COC(=O)c1ccc(-c2noc(CN3CCCC3c3ccc(F)cc3)n2)cc1. The highest BCUT2D eigenvalue weighted by Gasteiger charge is 2.27. The number of carbonyl (C=O) groups is 1. The standard InChI is InChI=1S/C21H20FN3O3/c1-27-21(26)16-6-4-15(5-7-16)20-23-19(28-24-20)13-25-12-2-3-18(25)14-8-10-17(22)11-9-14/h4-11,18H,2-3,12-13H2,1H3. The van der Waals surface area contributed by atoms with Crippen molar-refractivity contribution in [1.29, 1.82) is 0 Å². The summed E-state index contributed by atoms with van der Waals surface area (Å²) in [6.45, 7) is 1.46. The summed E-state index contributed by atoms with van der Waals surface area (Å²) in [4.78, 5) is 18.3. The highest BCUT2D eigenvalue weighted by molar-refractivity contribution is 5.89. The van der Waals surface area contributed by atoms with Gasteiger partial charge in [-0.15, -0.1) is 0 Å². The van der Waals surface area contributed by atoms with E-state index in [0.29, 0.717) is 23.8 Å². The van der Waals surface area contributed by atoms with Gasteiger partial charge in [0, 0.05) is 11.6 Å². The lowest BCUT2D eigenvalue weighted by Gasteiger charge is -2.23. The van der Waals surface area contributed by atoms with Crippen LogP contribution in [0.1, 0.15) is 40.7 Å². The van der Waals surface area contributed by atoms with Gasteiger partial charge in [-0.1, -0.05) is 29.4 Å². The van der Waals surface area contributed by atoms with Gasteiger partial charge in [0.25, 0.3) is 0 Å². The maximum atomic E-state index is 13.2. The fourth-order valence-electron chi connectivity index (χ4n) is 3.56. The molecular formula is C21H20FN3O3. The average molecular weight is 381 g/mol. The van der Waals surface area contributed by atoms with Gasteiger partial charge in [-0.3, -0.25) is 4.90 Å². The van der Waals surface area contributed by atoms with Crippen LogP contribution in [-0.4, -0.2) is 34.7 Å². The number of benzene rings is 2. The Morgan fingerprint density at radius 2 is 1.96 bits per heavy atom. The van der Waals surface area contributed by atoms with Gasteiger partial charge in [0.2, 0.25) is 11.7 Å². The lowest BCUT2D eigenvalue weighted by Crippen LogP contribution is -2.22. The summed E-state index contributed by atoms with van der Waals surface area (Å²) in [5, 5.41) is 4.05. The monoisotopic (exact) mass is 381 g/mol. The van der Waals surface area contributed by atoms with E-state index in [0.717, 1.165) is 30.5 Å². The first kappa shape index (κ1) is 18.3. The van der Waals surface area contributed by atoms with E-state index in [1.165, 1.54) is 19.2 Å². The van der Waals surface area contributed by atoms with E-state index in [9.17, 15) is 9.18 Å². The van der Waals surface area contributed by atoms with E-state index >= 15 is 0 Å². The van der Waals surface area contributed by atoms with E-state index in [4.69, 9.17) is 9.26 Å². The highest BCUT2D eigenvalue weighted by Crippen LogP contribution is 2.33. The van der Waals surface area contributed by atoms with Crippen molar-refractivity contribution in [2.75, 3.05) is 13.7 Å². The Labute approximate surface area is 161 Å². The van der Waals surface area contributed by atoms with E-state index in [1.54, 1.807) is 24.3 Å². The quantitative estimate of drug-likeness (QED) is 0.622. The van der Waals surface area contributed by atoms with Crippen LogP contribution in [0.15, 0.2) is 53.1 Å². The van der Waals surface area contributed by atoms with Crippen molar-refractivity contribution >= 4 is 5.97 Å². The molecule has 2 aromatic carbocycles. The van der Waals surface area contributed by atoms with Gasteiger partial charge in [0.1, 0.15) is 5.82 Å². The fourth-order valence-corrected chi connectivity index (χ4v) is 3.56. The third-order valence-electron chi connectivity index (χ3n) is 4.99. The van der Waals surface area contributed by atoms with Gasteiger partial charge < -0.3 is 9.26 Å². The minimum atomic E-state index is -0.388. The molecule has 144 valence electrons. The van der Waals surface area contributed by atoms with Crippen molar-refractivity contribution in [1.82, 2.24) is 15.0 Å². The molecule has 0 bridgehead atoms. The van der Waals surface area contributed by atoms with Crippen LogP contribution < -0.4 is 0 Å². The molecule has 1 unspecified atom stereocenters. The summed E-state index contributed by atoms with van der Waals surface area (Å²) >= 11 is 0. The molecule has 1 saturated heterocycles. The van der Waals surface area contributed by atoms with Crippen molar-refractivity contribution in [3.63, 3.8) is 0 Å². The molecule has 1 atom stereocenters. The summed E-state index contributed by atoms with van der Waals surface area (Å²) in [6, 6.07) is 13.7. The van der Waals surface area contributed by atoms with Gasteiger partial charge in [0.05, 0.1) is 19.2 Å². The van der Waals surface area contributed by atoms with E-state index < -0.39 is 0 Å². The molecule has 1 fully saturated rings. The predicted molar refractivity (Wildman–Crippen MR) is 99.9 cm³/mol. The zero-order valence-electron chi connectivity index (χ0n) is 15.5. The lowest BCUT2D eigenvalue weighted by molar-refractivity contribution is 0.0600. The van der Waals surface area contributed by atoms with Crippen LogP contribution >= 0.6 is 0 Å². The number of methoxy groups -OCH3 is 1. The molecule has 1 aliphatic rings. The highest BCUT2D eigenvalue weighted by atomic mass is 19.1. The number of hydrogen-bond acceptors (Lipinski definition) is 6. The smallest absolute Gasteiger partial charge is 0.337 e. The lowest BCUT2D eigenvalue weighted by atomic mass is 10.0. The van der Waals surface area contributed by atoms with E-state index in [2.05, 4.69) is 15.0 Å². The number of nitrogens with zero attached hydrogens (tertiary/aromatic N) is 3. The van der Waals surface area contributed by atoms with Crippen molar-refractivity contribution < 1.29 is 18.4 Å². The third kappa shape index (κ3) is 3.80. The number of carbonyl (C=O) groups excluding carboxylic acids is 1. The molecule has 0 saturated carbocycles. The molecule has 0 radical (unpaired) electrons. The van der Waals surface area contributed by atoms with Crippen molar-refractivity contribution in [2.24, 2.45) is 0 Å². The Bertz CT molecular complexity index is 954. The van der Waals surface area contributed by atoms with Crippen molar-refractivity contribution in [3.8, 4) is 11.4 Å². The second-order valence-electron chi connectivity index (χ2n) is 6.76. The molecule has 0 aliphatic carbocycles. The molecule has 0 amide bonds. The number of likely N-dealkylation sites (tertiary alicyclic amines) is 1. The van der Waals surface area contributed by atoms with Crippen molar-refractivity contribution in [3.05, 3.63) is 71.4 Å². The summed E-state index contributed by atoms with van der Waals surface area (Å²) < 4.78 is 23.3. The summed E-state index contributed by atoms with van der Waals surface area (Å²) in [6.07, 6.45) is 2.08. The molecule has 7 heteroatoms. The molecular weight excluding hydrogens is 361 g/mol. The number of esters is 1. The maximum absolute atomic E-state index is 13.2. The van der Waals surface area contributed by atoms with Crippen LogP contribution in [0.4, 0.5) is 4.39 Å². The summed E-state index contributed by atoms with van der Waals surface area (Å²) in [5.41, 5.74) is 2.32. The molecule has 3 aromatic rings. The molecule has 2 heterocycles. The second-order valence-corrected chi connectivity index (χ2v) is 6.76. The largest absolute Gasteiger partial charge is 0.465 e. The van der Waals surface area contributed by atoms with Gasteiger partial charge in [-0.25, -0.2) is 9.18 Å². The zero-order chi connectivity index (χ0) is 19.5. The fraction of sp³-hybridized carbons (Fsp3) is 0.286. The first-order valence-corrected chi connectivity index (χ1v) is 9.15. The molecule has 0 N–H and O–H groups in total. The number of halogens is 1. The molecule has 28 heavy (non-hydrogen) atoms. The van der Waals surface area contributed by atoms with Gasteiger partial charge in [-0.05, 0) is 49.2 Å². The van der Waals surface area contributed by atoms with Crippen LogP contribution in [0.25, 0.3) is 11.4 Å². The topological polar surface area (TPSA) is 68.5 Å². The van der Waals surface area contributed by atoms with Gasteiger partial charge in [-0.2, -0.15) is 4.98 Å². The molecule has 4 rings (SSSR count). The Morgan fingerprint density at radius 3 is 2.68 bits per heavy atom. The Hall–Kier alpha value is -3.06. The number of rotatable bonds is 5. The van der Waals surface area contributed by atoms with Crippen LogP contribution in [0.5, 0.6) is 0 Å². The van der Waals surface area contributed by atoms with Gasteiger partial charge in [0.15, 0.2) is 0 Å². The minimum absolute atomic E-state index is 0.218. The van der Waals surface area contributed by atoms with Gasteiger partial charge >= 0.3 is 5.97 Å². The average Bonchev–Trinajstić information content (AvgIpc) is 3.38. The first-order chi connectivity index (χ1) is 13.6. The minimum Gasteiger partial charge on any atom is -0.465 e. The van der Waals surface area contributed by atoms with Crippen LogP contribution in [0.2, 0.25) is 0 Å². The number of ether oxygens (including phenoxy) is 1. The predicted octanol–water partition coefficient (Wildman–Crippen LogP) is 4.00. The summed E-state index contributed by atoms with van der Waals surface area (Å²) in [7, 11) is 1.35. The normalized spacial score (nSPS) is 17.0. The van der Waals surface area contributed by atoms with Crippen LogP contribution in [0.3, 0.4) is 0 Å². The molecule has 0 spiro atoms. The van der Waals surface area contributed by atoms with E-state index in [-0.39, 0.29) is 17.8 Å². The number of hydrogen-bond donors (Lipinski definition) is 0. The third-order valence-corrected chi connectivity index (χ3v) is 4.99.